The average Bonchev–Trinajstić information content (AvgIpc) is 2.96. The van der Waals surface area contributed by atoms with Crippen LogP contribution in [-0.4, -0.2) is 51.6 Å². The molecule has 46 heavy (non-hydrogen) atoms. The molecule has 0 fully saturated rings. The van der Waals surface area contributed by atoms with E-state index in [1.54, 1.807) is 0 Å². The number of rotatable bonds is 16. The molecule has 0 heterocycles. The highest BCUT2D eigenvalue weighted by Crippen LogP contribution is 2.28. The van der Waals surface area contributed by atoms with Gasteiger partial charge in [0.05, 0.1) is 6.42 Å². The zero-order valence-electron chi connectivity index (χ0n) is 29.5. The number of ketones is 2. The third-order valence-electron chi connectivity index (χ3n) is 8.24. The van der Waals surface area contributed by atoms with E-state index in [9.17, 15) is 24.6 Å². The number of halogens is 1. The van der Waals surface area contributed by atoms with E-state index in [-0.39, 0.29) is 47.2 Å². The molecule has 0 saturated carbocycles. The Bertz CT molecular complexity index is 1180. The highest BCUT2D eigenvalue weighted by atomic mass is 35.5. The van der Waals surface area contributed by atoms with Crippen LogP contribution in [0.15, 0.2) is 60.7 Å². The van der Waals surface area contributed by atoms with Crippen molar-refractivity contribution in [2.75, 3.05) is 0 Å². The number of nitrogens with two attached hydrogens (primary N) is 1. The summed E-state index contributed by atoms with van der Waals surface area (Å²) in [5.74, 6) is -1.25. The van der Waals surface area contributed by atoms with Crippen molar-refractivity contribution in [3.8, 4) is 0 Å². The van der Waals surface area contributed by atoms with E-state index in [0.29, 0.717) is 25.7 Å². The van der Waals surface area contributed by atoms with Crippen LogP contribution in [-0.2, 0) is 32.0 Å². The summed E-state index contributed by atoms with van der Waals surface area (Å²) in [7, 11) is 0. The number of aliphatic hydroxyl groups excluding tert-OH is 2. The first-order chi connectivity index (χ1) is 20.8. The highest BCUT2D eigenvalue weighted by Gasteiger charge is 2.33. The van der Waals surface area contributed by atoms with Gasteiger partial charge in [0.15, 0.2) is 11.6 Å². The molecule has 0 bridgehead atoms. The number of ether oxygens (including phenoxy) is 1. The summed E-state index contributed by atoms with van der Waals surface area (Å²) in [6.07, 6.45) is 1.16. The van der Waals surface area contributed by atoms with Gasteiger partial charge < -0.3 is 20.7 Å². The normalized spacial score (nSPS) is 14.4. The third kappa shape index (κ3) is 17.4. The van der Waals surface area contributed by atoms with Crippen LogP contribution in [0.25, 0.3) is 0 Å². The number of hydrogen-bond donors (Lipinski definition) is 3. The summed E-state index contributed by atoms with van der Waals surface area (Å²) < 4.78 is 5.40. The molecule has 2 aromatic rings. The number of aliphatic hydroxyl groups is 2. The first-order valence-corrected chi connectivity index (χ1v) is 16.3. The molecule has 0 aromatic heterocycles. The minimum absolute atomic E-state index is 0. The summed E-state index contributed by atoms with van der Waals surface area (Å²) >= 11 is 0. The third-order valence-corrected chi connectivity index (χ3v) is 8.24. The van der Waals surface area contributed by atoms with Crippen molar-refractivity contribution < 1.29 is 29.3 Å². The van der Waals surface area contributed by atoms with E-state index < -0.39 is 29.8 Å². The van der Waals surface area contributed by atoms with Gasteiger partial charge in [-0.25, -0.2) is 0 Å². The fourth-order valence-electron chi connectivity index (χ4n) is 4.71. The van der Waals surface area contributed by atoms with Gasteiger partial charge in [0.2, 0.25) is 0 Å². The Labute approximate surface area is 284 Å². The van der Waals surface area contributed by atoms with Gasteiger partial charge in [-0.1, -0.05) is 115 Å². The van der Waals surface area contributed by atoms with Crippen molar-refractivity contribution in [3.63, 3.8) is 0 Å². The monoisotopic (exact) mass is 661 g/mol. The van der Waals surface area contributed by atoms with E-state index >= 15 is 0 Å². The molecule has 7 nitrogen and oxygen atoms in total. The maximum absolute atomic E-state index is 12.6. The van der Waals surface area contributed by atoms with Crippen molar-refractivity contribution in [1.29, 1.82) is 0 Å². The lowest BCUT2D eigenvalue weighted by Crippen LogP contribution is -2.43. The van der Waals surface area contributed by atoms with Gasteiger partial charge in [-0.2, -0.15) is 0 Å². The molecule has 0 aliphatic heterocycles. The largest absolute Gasteiger partial charge is 0.460 e. The molecule has 4 N–H and O–H groups in total. The summed E-state index contributed by atoms with van der Waals surface area (Å²) in [5.41, 5.74) is 7.13. The number of benzene rings is 2. The zero-order valence-corrected chi connectivity index (χ0v) is 30.4. The van der Waals surface area contributed by atoms with Gasteiger partial charge in [0, 0.05) is 24.8 Å². The Morgan fingerprint density at radius 1 is 0.696 bits per heavy atom. The molecule has 0 saturated heterocycles. The van der Waals surface area contributed by atoms with Crippen LogP contribution in [0.3, 0.4) is 0 Å². The second kappa shape index (κ2) is 19.9. The lowest BCUT2D eigenvalue weighted by Gasteiger charge is -2.27. The minimum atomic E-state index is -1.17. The fourth-order valence-corrected chi connectivity index (χ4v) is 4.71. The average molecular weight is 662 g/mol. The summed E-state index contributed by atoms with van der Waals surface area (Å²) in [6.45, 7) is 17.6. The van der Waals surface area contributed by atoms with Gasteiger partial charge in [0.25, 0.3) is 0 Å². The topological polar surface area (TPSA) is 127 Å². The minimum Gasteiger partial charge on any atom is -0.460 e. The number of carbonyl (C=O) groups is 3. The van der Waals surface area contributed by atoms with Crippen LogP contribution in [0.5, 0.6) is 0 Å². The van der Waals surface area contributed by atoms with Gasteiger partial charge >= 0.3 is 5.97 Å². The van der Waals surface area contributed by atoms with Crippen molar-refractivity contribution in [3.05, 3.63) is 71.8 Å². The molecule has 0 amide bonds. The van der Waals surface area contributed by atoms with Crippen LogP contribution < -0.4 is 5.73 Å². The number of carbonyl (C=O) groups excluding carboxylic acids is 3. The predicted octanol–water partition coefficient (Wildman–Crippen LogP) is 7.07. The quantitative estimate of drug-likeness (QED) is 0.164. The molecule has 0 spiro atoms. The maximum atomic E-state index is 12.6. The maximum Gasteiger partial charge on any atom is 0.306 e. The van der Waals surface area contributed by atoms with Crippen molar-refractivity contribution >= 4 is 29.9 Å². The van der Waals surface area contributed by atoms with Crippen molar-refractivity contribution in [2.24, 2.45) is 22.5 Å². The number of Topliss-reactive ketones (excluding diaryl/α,β-unsaturated/α-hetero) is 2. The molecule has 2 aromatic carbocycles. The van der Waals surface area contributed by atoms with E-state index in [0.717, 1.165) is 24.0 Å². The van der Waals surface area contributed by atoms with E-state index in [4.69, 9.17) is 10.5 Å². The molecule has 0 aliphatic rings. The SMILES string of the molecule is CCC(C)(C)CC(=O)C(O)[C@@H](CC(=O)OC(C)(C)C)Cc1ccccc1.CCC(C)(C)CC(=O)C(O)[C@@H](N)Cc1ccccc1.Cl. The molecular formula is C38H60ClNO6. The zero-order chi connectivity index (χ0) is 34.4. The molecular weight excluding hydrogens is 602 g/mol. The Morgan fingerprint density at radius 3 is 1.48 bits per heavy atom. The molecule has 2 unspecified atom stereocenters. The first kappa shape index (κ1) is 43.4. The first-order valence-electron chi connectivity index (χ1n) is 16.3. The highest BCUT2D eigenvalue weighted by molar-refractivity contribution is 5.85. The van der Waals surface area contributed by atoms with Crippen LogP contribution in [0.1, 0.15) is 106 Å². The van der Waals surface area contributed by atoms with E-state index in [1.165, 1.54) is 0 Å². The Balaban J connectivity index is 0.000000902. The fraction of sp³-hybridized carbons (Fsp3) is 0.605. The van der Waals surface area contributed by atoms with Gasteiger partial charge in [-0.05, 0) is 55.6 Å². The van der Waals surface area contributed by atoms with Gasteiger partial charge in [0.1, 0.15) is 17.8 Å². The van der Waals surface area contributed by atoms with E-state index in [2.05, 4.69) is 0 Å². The molecule has 2 rings (SSSR count). The molecule has 0 radical (unpaired) electrons. The summed E-state index contributed by atoms with van der Waals surface area (Å²) in [5, 5.41) is 20.7. The Hall–Kier alpha value is -2.58. The van der Waals surface area contributed by atoms with E-state index in [1.807, 2.05) is 123 Å². The second-order valence-corrected chi connectivity index (χ2v) is 14.8. The van der Waals surface area contributed by atoms with Crippen molar-refractivity contribution in [1.82, 2.24) is 0 Å². The van der Waals surface area contributed by atoms with Crippen LogP contribution in [0.4, 0.5) is 0 Å². The van der Waals surface area contributed by atoms with Crippen LogP contribution in [0, 0.1) is 16.7 Å². The van der Waals surface area contributed by atoms with Crippen molar-refractivity contribution in [2.45, 2.75) is 131 Å². The lowest BCUT2D eigenvalue weighted by molar-refractivity contribution is -0.157. The number of esters is 1. The number of hydrogen-bond acceptors (Lipinski definition) is 7. The van der Waals surface area contributed by atoms with Gasteiger partial charge in [-0.3, -0.25) is 14.4 Å². The second-order valence-electron chi connectivity index (χ2n) is 14.8. The summed E-state index contributed by atoms with van der Waals surface area (Å²) in [6, 6.07) is 18.8. The smallest absolute Gasteiger partial charge is 0.306 e. The molecule has 0 aliphatic carbocycles. The molecule has 4 atom stereocenters. The van der Waals surface area contributed by atoms with Crippen LogP contribution in [0.2, 0.25) is 0 Å². The Kier molecular flexibility index (Phi) is 18.8. The predicted molar refractivity (Wildman–Crippen MR) is 189 cm³/mol. The standard InChI is InChI=1S/C22H34O4.C16H25NO2.ClH/c1-7-22(5,6)15-18(23)20(25)17(13-16-11-9-8-10-12-16)14-19(24)26-21(2,3)4;1-4-16(2,3)11-14(18)15(19)13(17)10-12-8-6-5-7-9-12;/h8-12,17,20,25H,7,13-15H2,1-6H3;5-9,13,15,19H,4,10-11,17H2,1-3H3;1H/t17-,20?;13-,15?;/m10./s1. The summed E-state index contributed by atoms with van der Waals surface area (Å²) in [4.78, 5) is 36.9. The van der Waals surface area contributed by atoms with Gasteiger partial charge in [-0.15, -0.1) is 12.4 Å². The lowest BCUT2D eigenvalue weighted by atomic mass is 9.80. The molecule has 260 valence electrons. The van der Waals surface area contributed by atoms with Crippen LogP contribution >= 0.6 is 12.4 Å². The molecule has 8 heteroatoms. The Morgan fingerprint density at radius 2 is 1.09 bits per heavy atom.